The number of amides is 2. The third kappa shape index (κ3) is 7.47. The number of rotatable bonds is 7. The number of fused-ring (bicyclic) bond motifs is 1. The summed E-state index contributed by atoms with van der Waals surface area (Å²) in [6, 6.07) is 7.64. The first kappa shape index (κ1) is 30.4. The number of benzene rings is 2. The summed E-state index contributed by atoms with van der Waals surface area (Å²) in [6.07, 6.45) is -5.07. The number of nitrogens with zero attached hydrogens (tertiary/aromatic N) is 2. The Hall–Kier alpha value is -3.19. The maximum absolute atomic E-state index is 14.0. The molecular weight excluding hydrogens is 580 g/mol. The first-order chi connectivity index (χ1) is 17.9. The van der Waals surface area contributed by atoms with Gasteiger partial charge in [0.2, 0.25) is 5.91 Å². The van der Waals surface area contributed by atoms with E-state index in [-0.39, 0.29) is 29.5 Å². The summed E-state index contributed by atoms with van der Waals surface area (Å²) in [6.45, 7) is 1.36. The van der Waals surface area contributed by atoms with Crippen molar-refractivity contribution in [3.63, 3.8) is 0 Å². The van der Waals surface area contributed by atoms with Gasteiger partial charge in [0.05, 0.1) is 16.8 Å². The van der Waals surface area contributed by atoms with Crippen LogP contribution in [0.2, 0.25) is 5.02 Å². The quantitative estimate of drug-likeness (QED) is 0.318. The van der Waals surface area contributed by atoms with Crippen molar-refractivity contribution in [3.05, 3.63) is 73.7 Å². The maximum atomic E-state index is 14.0. The van der Waals surface area contributed by atoms with Crippen LogP contribution in [0.15, 0.2) is 36.4 Å². The molecule has 4 rings (SSSR count). The molecule has 1 aliphatic heterocycles. The molecule has 39 heavy (non-hydrogen) atoms. The van der Waals surface area contributed by atoms with Gasteiger partial charge in [-0.2, -0.15) is 13.2 Å². The number of carboxylic acids is 1. The highest BCUT2D eigenvalue weighted by Gasteiger charge is 2.36. The first-order valence-corrected chi connectivity index (χ1v) is 12.6. The second kappa shape index (κ2) is 12.3. The fourth-order valence-corrected chi connectivity index (χ4v) is 5.23. The lowest BCUT2D eigenvalue weighted by Crippen LogP contribution is -2.25. The largest absolute Gasteiger partial charge is 0.478 e. The van der Waals surface area contributed by atoms with Crippen molar-refractivity contribution in [2.75, 3.05) is 24.2 Å². The molecule has 0 aliphatic carbocycles. The Bertz CT molecular complexity index is 1400. The minimum atomic E-state index is -4.93. The fourth-order valence-electron chi connectivity index (χ4n) is 4.02. The van der Waals surface area contributed by atoms with Gasteiger partial charge in [-0.15, -0.1) is 23.7 Å². The minimum absolute atomic E-state index is 0. The van der Waals surface area contributed by atoms with E-state index in [9.17, 15) is 32.7 Å². The van der Waals surface area contributed by atoms with Crippen LogP contribution >= 0.6 is 35.3 Å². The van der Waals surface area contributed by atoms with Gasteiger partial charge in [0.15, 0.2) is 5.01 Å². The van der Waals surface area contributed by atoms with Crippen LogP contribution in [0.4, 0.5) is 24.5 Å². The molecule has 0 fully saturated rings. The molecule has 0 bridgehead atoms. The number of anilines is 2. The predicted octanol–water partition coefficient (Wildman–Crippen LogP) is 5.75. The van der Waals surface area contributed by atoms with Gasteiger partial charge in [-0.3, -0.25) is 9.59 Å². The van der Waals surface area contributed by atoms with Crippen LogP contribution in [0.5, 0.6) is 0 Å². The SMILES string of the molecule is CN1CCc2nc(C(=O)Nc3cc(C(=O)O)cc(C(F)(F)F)c3CCC(=O)Nc3ccc(Cl)cc3)sc2C1.Cl. The normalized spacial score (nSPS) is 13.3. The van der Waals surface area contributed by atoms with Gasteiger partial charge in [-0.1, -0.05) is 11.6 Å². The summed E-state index contributed by atoms with van der Waals surface area (Å²) < 4.78 is 42.0. The highest BCUT2D eigenvalue weighted by molar-refractivity contribution is 7.13. The fraction of sp³-hybridized carbons (Fsp3) is 0.280. The highest BCUT2D eigenvalue weighted by atomic mass is 35.5. The molecule has 2 heterocycles. The summed E-state index contributed by atoms with van der Waals surface area (Å²) in [7, 11) is 1.92. The van der Waals surface area contributed by atoms with Gasteiger partial charge in [0, 0.05) is 47.2 Å². The smallest absolute Gasteiger partial charge is 0.416 e. The number of carbonyl (C=O) groups is 3. The van der Waals surface area contributed by atoms with Crippen LogP contribution < -0.4 is 10.6 Å². The van der Waals surface area contributed by atoms with Crippen molar-refractivity contribution >= 4 is 64.5 Å². The van der Waals surface area contributed by atoms with Crippen molar-refractivity contribution in [3.8, 4) is 0 Å². The summed E-state index contributed by atoms with van der Waals surface area (Å²) in [5, 5.41) is 14.9. The number of thiazole rings is 1. The molecule has 0 saturated heterocycles. The predicted molar refractivity (Wildman–Crippen MR) is 144 cm³/mol. The second-order valence-corrected chi connectivity index (χ2v) is 10.3. The standard InChI is InChI=1S/C25H22ClF3N4O4S.ClH/c1-33-9-8-18-20(12-33)38-23(32-18)22(35)31-19-11-13(24(36)37)10-17(25(27,28)29)16(19)6-7-21(34)30-15-4-2-14(26)3-5-15;/h2-5,10-11H,6-9,12H2,1H3,(H,30,34)(H,31,35)(H,36,37);1H. The van der Waals surface area contributed by atoms with Crippen LogP contribution in [0.1, 0.15) is 48.3 Å². The molecule has 208 valence electrons. The molecule has 1 aromatic heterocycles. The van der Waals surface area contributed by atoms with E-state index in [4.69, 9.17) is 11.6 Å². The van der Waals surface area contributed by atoms with Crippen molar-refractivity contribution in [2.24, 2.45) is 0 Å². The molecule has 2 amide bonds. The van der Waals surface area contributed by atoms with Gasteiger partial charge < -0.3 is 20.6 Å². The average Bonchev–Trinajstić information content (AvgIpc) is 3.27. The van der Waals surface area contributed by atoms with Gasteiger partial charge in [-0.25, -0.2) is 9.78 Å². The molecule has 0 spiro atoms. The van der Waals surface area contributed by atoms with Gasteiger partial charge >= 0.3 is 12.1 Å². The van der Waals surface area contributed by atoms with Crippen LogP contribution in [0.3, 0.4) is 0 Å². The van der Waals surface area contributed by atoms with Crippen molar-refractivity contribution in [1.82, 2.24) is 9.88 Å². The number of alkyl halides is 3. The van der Waals surface area contributed by atoms with E-state index in [0.29, 0.717) is 29.7 Å². The van der Waals surface area contributed by atoms with E-state index in [1.54, 1.807) is 24.3 Å². The number of carbonyl (C=O) groups excluding carboxylic acids is 2. The van der Waals surface area contributed by atoms with Crippen molar-refractivity contribution in [1.29, 1.82) is 0 Å². The molecule has 2 aromatic carbocycles. The van der Waals surface area contributed by atoms with Crippen LogP contribution in [0.25, 0.3) is 0 Å². The molecule has 3 aromatic rings. The molecule has 14 heteroatoms. The van der Waals surface area contributed by atoms with E-state index in [1.165, 1.54) is 0 Å². The van der Waals surface area contributed by atoms with E-state index < -0.39 is 47.1 Å². The zero-order valence-electron chi connectivity index (χ0n) is 20.4. The first-order valence-electron chi connectivity index (χ1n) is 11.4. The topological polar surface area (TPSA) is 112 Å². The van der Waals surface area contributed by atoms with E-state index in [1.807, 2.05) is 7.05 Å². The van der Waals surface area contributed by atoms with Crippen molar-refractivity contribution < 1.29 is 32.7 Å². The Morgan fingerprint density at radius 1 is 1.15 bits per heavy atom. The van der Waals surface area contributed by atoms with Gasteiger partial charge in [-0.05, 0) is 55.4 Å². The lowest BCUT2D eigenvalue weighted by Gasteiger charge is -2.20. The molecule has 8 nitrogen and oxygen atoms in total. The number of halogens is 5. The van der Waals surface area contributed by atoms with Crippen LogP contribution in [-0.4, -0.2) is 46.4 Å². The third-order valence-corrected chi connectivity index (χ3v) is 7.23. The zero-order valence-corrected chi connectivity index (χ0v) is 22.8. The van der Waals surface area contributed by atoms with E-state index >= 15 is 0 Å². The molecule has 0 atom stereocenters. The summed E-state index contributed by atoms with van der Waals surface area (Å²) in [5.41, 5.74) is -1.47. The number of hydrogen-bond donors (Lipinski definition) is 3. The van der Waals surface area contributed by atoms with Crippen LogP contribution in [-0.2, 0) is 30.4 Å². The zero-order chi connectivity index (χ0) is 27.6. The number of likely N-dealkylation sites (N-methyl/N-ethyl adjacent to an activating group) is 1. The molecule has 1 aliphatic rings. The number of carboxylic acid groups (broad SMARTS) is 1. The second-order valence-electron chi connectivity index (χ2n) is 8.74. The molecular formula is C25H23Cl2F3N4O4S. The summed E-state index contributed by atoms with van der Waals surface area (Å²) in [4.78, 5) is 44.4. The van der Waals surface area contributed by atoms with E-state index in [2.05, 4.69) is 20.5 Å². The lowest BCUT2D eigenvalue weighted by molar-refractivity contribution is -0.138. The Labute approximate surface area is 236 Å². The number of hydrogen-bond acceptors (Lipinski definition) is 6. The highest BCUT2D eigenvalue weighted by Crippen LogP contribution is 2.37. The van der Waals surface area contributed by atoms with E-state index in [0.717, 1.165) is 34.5 Å². The molecule has 3 N–H and O–H groups in total. The minimum Gasteiger partial charge on any atom is -0.478 e. The van der Waals surface area contributed by atoms with Crippen molar-refractivity contribution in [2.45, 2.75) is 32.0 Å². The summed E-state index contributed by atoms with van der Waals surface area (Å²) >= 11 is 6.96. The number of nitrogens with one attached hydrogen (secondary N) is 2. The average molecular weight is 603 g/mol. The maximum Gasteiger partial charge on any atom is 0.416 e. The third-order valence-electron chi connectivity index (χ3n) is 5.90. The number of aromatic carboxylic acids is 1. The summed E-state index contributed by atoms with van der Waals surface area (Å²) in [5.74, 6) is -2.92. The Kier molecular flexibility index (Phi) is 9.60. The molecule has 0 saturated carbocycles. The Balaban J connectivity index is 0.00000420. The molecule has 0 radical (unpaired) electrons. The molecule has 0 unspecified atom stereocenters. The van der Waals surface area contributed by atoms with Gasteiger partial charge in [0.25, 0.3) is 5.91 Å². The lowest BCUT2D eigenvalue weighted by atomic mass is 9.96. The monoisotopic (exact) mass is 602 g/mol. The Morgan fingerprint density at radius 3 is 2.49 bits per heavy atom. The number of aromatic nitrogens is 1. The van der Waals surface area contributed by atoms with Crippen LogP contribution in [0, 0.1) is 0 Å². The van der Waals surface area contributed by atoms with Gasteiger partial charge in [0.1, 0.15) is 0 Å². The Morgan fingerprint density at radius 2 is 1.85 bits per heavy atom.